The van der Waals surface area contributed by atoms with Crippen LogP contribution in [-0.4, -0.2) is 21.1 Å². The van der Waals surface area contributed by atoms with E-state index in [0.717, 1.165) is 0 Å². The quantitative estimate of drug-likeness (QED) is 0.465. The molecule has 1 aromatic rings. The van der Waals surface area contributed by atoms with Gasteiger partial charge in [-0.25, -0.2) is 8.78 Å². The lowest BCUT2D eigenvalue weighted by Gasteiger charge is -2.01. The molecular weight excluding hydrogens is 241 g/mol. The lowest BCUT2D eigenvalue weighted by Crippen LogP contribution is -2.11. The van der Waals surface area contributed by atoms with Crippen molar-refractivity contribution < 1.29 is 26.9 Å². The number of hydrogen-bond donors (Lipinski definition) is 0. The molecule has 1 rings (SSSR count). The SMILES string of the molecule is O=[N+]([O-])c1cn(CC(F)F)nc1C(F)(F)F. The summed E-state index contributed by atoms with van der Waals surface area (Å²) in [6.07, 6.45) is -7.66. The number of hydrogen-bond acceptors (Lipinski definition) is 3. The Labute approximate surface area is 84.6 Å². The summed E-state index contributed by atoms with van der Waals surface area (Å²) in [5.74, 6) is 0. The molecule has 16 heavy (non-hydrogen) atoms. The lowest BCUT2D eigenvalue weighted by molar-refractivity contribution is -0.388. The Balaban J connectivity index is 3.16. The first kappa shape index (κ1) is 12.3. The van der Waals surface area contributed by atoms with Crippen molar-refractivity contribution in [3.63, 3.8) is 0 Å². The Hall–Kier alpha value is -1.74. The van der Waals surface area contributed by atoms with Crippen LogP contribution in [0.5, 0.6) is 0 Å². The molecule has 0 saturated heterocycles. The summed E-state index contributed by atoms with van der Waals surface area (Å²) in [6.45, 7) is -1.13. The fourth-order valence-electron chi connectivity index (χ4n) is 0.981. The van der Waals surface area contributed by atoms with E-state index in [1.54, 1.807) is 0 Å². The van der Waals surface area contributed by atoms with Gasteiger partial charge < -0.3 is 0 Å². The molecule has 5 nitrogen and oxygen atoms in total. The molecule has 0 saturated carbocycles. The summed E-state index contributed by atoms with van der Waals surface area (Å²) >= 11 is 0. The van der Waals surface area contributed by atoms with E-state index >= 15 is 0 Å². The van der Waals surface area contributed by atoms with Crippen LogP contribution in [0.1, 0.15) is 5.69 Å². The molecule has 0 unspecified atom stereocenters. The number of alkyl halides is 5. The van der Waals surface area contributed by atoms with Gasteiger partial charge in [0.05, 0.1) is 4.92 Å². The summed E-state index contributed by atoms with van der Waals surface area (Å²) in [5.41, 5.74) is -3.12. The fraction of sp³-hybridized carbons (Fsp3) is 0.500. The second-order valence-electron chi connectivity index (χ2n) is 2.73. The number of nitrogens with zero attached hydrogens (tertiary/aromatic N) is 3. The molecule has 0 aliphatic carbocycles. The molecule has 1 aromatic heterocycles. The maximum absolute atomic E-state index is 12.2. The van der Waals surface area contributed by atoms with Gasteiger partial charge in [0.25, 0.3) is 6.43 Å². The minimum atomic E-state index is -5.05. The first-order chi connectivity index (χ1) is 7.21. The van der Waals surface area contributed by atoms with Crippen LogP contribution >= 0.6 is 0 Å². The first-order valence-electron chi connectivity index (χ1n) is 3.79. The highest BCUT2D eigenvalue weighted by atomic mass is 19.4. The normalized spacial score (nSPS) is 12.1. The summed E-state index contributed by atoms with van der Waals surface area (Å²) < 4.78 is 60.5. The van der Waals surface area contributed by atoms with Crippen LogP contribution in [0, 0.1) is 10.1 Å². The van der Waals surface area contributed by atoms with Crippen molar-refractivity contribution in [3.8, 4) is 0 Å². The molecule has 0 bridgehead atoms. The lowest BCUT2D eigenvalue weighted by atomic mass is 10.4. The largest absolute Gasteiger partial charge is 0.442 e. The smallest absolute Gasteiger partial charge is 0.259 e. The van der Waals surface area contributed by atoms with E-state index in [9.17, 15) is 32.1 Å². The Morgan fingerprint density at radius 1 is 1.50 bits per heavy atom. The number of rotatable bonds is 3. The molecule has 0 radical (unpaired) electrons. The van der Waals surface area contributed by atoms with Crippen molar-refractivity contribution in [2.75, 3.05) is 0 Å². The van der Waals surface area contributed by atoms with E-state index in [-0.39, 0.29) is 4.68 Å². The summed E-state index contributed by atoms with van der Waals surface area (Å²) in [7, 11) is 0. The van der Waals surface area contributed by atoms with Crippen molar-refractivity contribution in [2.24, 2.45) is 0 Å². The second kappa shape index (κ2) is 4.02. The van der Waals surface area contributed by atoms with Crippen LogP contribution in [0.2, 0.25) is 0 Å². The topological polar surface area (TPSA) is 61.0 Å². The van der Waals surface area contributed by atoms with Crippen LogP contribution in [0.3, 0.4) is 0 Å². The molecule has 0 spiro atoms. The molecule has 0 amide bonds. The molecule has 90 valence electrons. The van der Waals surface area contributed by atoms with E-state index in [1.807, 2.05) is 0 Å². The zero-order chi connectivity index (χ0) is 12.5. The van der Waals surface area contributed by atoms with Crippen molar-refractivity contribution >= 4 is 5.69 Å². The predicted octanol–water partition coefficient (Wildman–Crippen LogP) is 2.08. The second-order valence-corrected chi connectivity index (χ2v) is 2.73. The number of nitro groups is 1. The van der Waals surface area contributed by atoms with Crippen LogP contribution in [-0.2, 0) is 12.7 Å². The minimum Gasteiger partial charge on any atom is -0.259 e. The van der Waals surface area contributed by atoms with Crippen molar-refractivity contribution in [2.45, 2.75) is 19.1 Å². The highest BCUT2D eigenvalue weighted by molar-refractivity contribution is 5.34. The van der Waals surface area contributed by atoms with Gasteiger partial charge in [0.2, 0.25) is 5.69 Å². The molecule has 0 fully saturated rings. The summed E-state index contributed by atoms with van der Waals surface area (Å²) in [4.78, 5) is 8.91. The first-order valence-corrected chi connectivity index (χ1v) is 3.79. The van der Waals surface area contributed by atoms with Crippen molar-refractivity contribution in [3.05, 3.63) is 22.0 Å². The van der Waals surface area contributed by atoms with Gasteiger partial charge in [-0.3, -0.25) is 14.8 Å². The standard InChI is InChI=1S/C6H4F5N3O2/c7-4(8)2-13-1-3(14(15)16)5(12-13)6(9,10)11/h1,4H,2H2. The Bertz CT molecular complexity index is 399. The highest BCUT2D eigenvalue weighted by Gasteiger charge is 2.42. The zero-order valence-electron chi connectivity index (χ0n) is 7.41. The zero-order valence-corrected chi connectivity index (χ0v) is 7.41. The van der Waals surface area contributed by atoms with Gasteiger partial charge >= 0.3 is 11.9 Å². The van der Waals surface area contributed by atoms with Crippen LogP contribution in [0.25, 0.3) is 0 Å². The minimum absolute atomic E-state index is 0.200. The van der Waals surface area contributed by atoms with Crippen molar-refractivity contribution in [1.29, 1.82) is 0 Å². The molecule has 1 heterocycles. The number of halogens is 5. The third kappa shape index (κ3) is 2.64. The molecule has 0 N–H and O–H groups in total. The average molecular weight is 245 g/mol. The average Bonchev–Trinajstić information content (AvgIpc) is 2.45. The number of aromatic nitrogens is 2. The Morgan fingerprint density at radius 3 is 2.38 bits per heavy atom. The maximum atomic E-state index is 12.2. The predicted molar refractivity (Wildman–Crippen MR) is 39.9 cm³/mol. The maximum Gasteiger partial charge on any atom is 0.442 e. The van der Waals surface area contributed by atoms with E-state index in [0.29, 0.717) is 6.20 Å². The fourth-order valence-corrected chi connectivity index (χ4v) is 0.981. The van der Waals surface area contributed by atoms with E-state index in [1.165, 1.54) is 0 Å². The molecule has 0 aliphatic rings. The van der Waals surface area contributed by atoms with Gasteiger partial charge in [0, 0.05) is 0 Å². The molecular formula is C6H4F5N3O2. The summed E-state index contributed by atoms with van der Waals surface area (Å²) in [5, 5.41) is 12.9. The van der Waals surface area contributed by atoms with Crippen LogP contribution < -0.4 is 0 Å². The van der Waals surface area contributed by atoms with Crippen LogP contribution in [0.4, 0.5) is 27.6 Å². The Kier molecular flexibility index (Phi) is 3.10. The molecule has 0 atom stereocenters. The van der Waals surface area contributed by atoms with Gasteiger partial charge in [-0.1, -0.05) is 0 Å². The van der Waals surface area contributed by atoms with E-state index in [2.05, 4.69) is 5.10 Å². The molecule has 0 aromatic carbocycles. The summed E-state index contributed by atoms with van der Waals surface area (Å²) in [6, 6.07) is 0. The van der Waals surface area contributed by atoms with Gasteiger partial charge in [-0.2, -0.15) is 18.3 Å². The third-order valence-electron chi connectivity index (χ3n) is 1.53. The van der Waals surface area contributed by atoms with Gasteiger partial charge in [-0.05, 0) is 0 Å². The monoisotopic (exact) mass is 245 g/mol. The van der Waals surface area contributed by atoms with E-state index < -0.39 is 35.5 Å². The van der Waals surface area contributed by atoms with Crippen LogP contribution in [0.15, 0.2) is 6.20 Å². The molecule has 10 heteroatoms. The molecule has 0 aliphatic heterocycles. The van der Waals surface area contributed by atoms with Gasteiger partial charge in [0.15, 0.2) is 0 Å². The van der Waals surface area contributed by atoms with Gasteiger partial charge in [-0.15, -0.1) is 0 Å². The highest BCUT2D eigenvalue weighted by Crippen LogP contribution is 2.34. The van der Waals surface area contributed by atoms with Crippen molar-refractivity contribution in [1.82, 2.24) is 9.78 Å². The van der Waals surface area contributed by atoms with Gasteiger partial charge in [0.1, 0.15) is 12.7 Å². The third-order valence-corrected chi connectivity index (χ3v) is 1.53. The van der Waals surface area contributed by atoms with E-state index in [4.69, 9.17) is 0 Å². The Morgan fingerprint density at radius 2 is 2.06 bits per heavy atom.